The summed E-state index contributed by atoms with van der Waals surface area (Å²) in [7, 11) is 2.02. The largest absolute Gasteiger partial charge is 0.388 e. The Morgan fingerprint density at radius 3 is 2.21 bits per heavy atom. The molecule has 4 heteroatoms. The lowest BCUT2D eigenvalue weighted by molar-refractivity contribution is 1.16. The maximum absolute atomic E-state index is 5.55. The minimum atomic E-state index is 0.320. The molecular formula is C15H17N3S. The van der Waals surface area contributed by atoms with Crippen LogP contribution in [-0.4, -0.2) is 17.0 Å². The average Bonchev–Trinajstić information content (AvgIpc) is 2.37. The van der Waals surface area contributed by atoms with E-state index in [1.54, 1.807) is 6.20 Å². The molecule has 0 fully saturated rings. The molecule has 1 aromatic heterocycles. The van der Waals surface area contributed by atoms with Crippen molar-refractivity contribution in [3.8, 4) is 0 Å². The first kappa shape index (κ1) is 13.5. The number of nitrogens with zero attached hydrogens (tertiary/aromatic N) is 2. The van der Waals surface area contributed by atoms with Gasteiger partial charge >= 0.3 is 0 Å². The predicted molar refractivity (Wildman–Crippen MR) is 84.1 cm³/mol. The van der Waals surface area contributed by atoms with E-state index >= 15 is 0 Å². The second-order valence-electron chi connectivity index (χ2n) is 4.67. The Morgan fingerprint density at radius 2 is 1.74 bits per heavy atom. The van der Waals surface area contributed by atoms with Gasteiger partial charge in [0.25, 0.3) is 0 Å². The van der Waals surface area contributed by atoms with Crippen LogP contribution in [0.25, 0.3) is 0 Å². The van der Waals surface area contributed by atoms with E-state index in [0.29, 0.717) is 10.7 Å². The Balaban J connectivity index is 2.32. The summed E-state index contributed by atoms with van der Waals surface area (Å²) in [6, 6.07) is 10.3. The van der Waals surface area contributed by atoms with Crippen LogP contribution in [0.15, 0.2) is 36.5 Å². The van der Waals surface area contributed by atoms with Crippen molar-refractivity contribution in [1.82, 2.24) is 4.98 Å². The van der Waals surface area contributed by atoms with Crippen LogP contribution >= 0.6 is 12.2 Å². The van der Waals surface area contributed by atoms with Gasteiger partial charge in [-0.1, -0.05) is 18.3 Å². The van der Waals surface area contributed by atoms with Gasteiger partial charge in [0, 0.05) is 12.7 Å². The minimum Gasteiger partial charge on any atom is -0.388 e. The number of thiocarbonyl (C=S) groups is 1. The number of hydrogen-bond acceptors (Lipinski definition) is 3. The van der Waals surface area contributed by atoms with Crippen LogP contribution in [0.1, 0.15) is 16.8 Å². The quantitative estimate of drug-likeness (QED) is 0.871. The lowest BCUT2D eigenvalue weighted by Crippen LogP contribution is -2.14. The monoisotopic (exact) mass is 271 g/mol. The first-order valence-corrected chi connectivity index (χ1v) is 6.46. The van der Waals surface area contributed by atoms with E-state index in [0.717, 1.165) is 11.4 Å². The third-order valence-corrected chi connectivity index (χ3v) is 3.19. The second kappa shape index (κ2) is 5.36. The van der Waals surface area contributed by atoms with Crippen LogP contribution in [0.3, 0.4) is 0 Å². The Morgan fingerprint density at radius 1 is 1.11 bits per heavy atom. The van der Waals surface area contributed by atoms with Crippen LogP contribution in [0.5, 0.6) is 0 Å². The molecule has 0 aliphatic rings. The Labute approximate surface area is 119 Å². The van der Waals surface area contributed by atoms with Gasteiger partial charge in [0.1, 0.15) is 4.99 Å². The van der Waals surface area contributed by atoms with Gasteiger partial charge in [0.05, 0.1) is 17.6 Å². The highest BCUT2D eigenvalue weighted by atomic mass is 32.1. The summed E-state index contributed by atoms with van der Waals surface area (Å²) in [6.45, 7) is 4.19. The van der Waals surface area contributed by atoms with E-state index in [9.17, 15) is 0 Å². The molecule has 0 radical (unpaired) electrons. The number of nitrogens with two attached hydrogens (primary N) is 1. The van der Waals surface area contributed by atoms with Gasteiger partial charge in [0.2, 0.25) is 0 Å². The third kappa shape index (κ3) is 3.09. The molecule has 0 saturated carbocycles. The summed E-state index contributed by atoms with van der Waals surface area (Å²) in [5, 5.41) is 0. The van der Waals surface area contributed by atoms with E-state index in [2.05, 4.69) is 41.9 Å². The fraction of sp³-hybridized carbons (Fsp3) is 0.200. The summed E-state index contributed by atoms with van der Waals surface area (Å²) in [5.74, 6) is 0. The molecule has 1 aromatic carbocycles. The van der Waals surface area contributed by atoms with Crippen molar-refractivity contribution >= 4 is 28.6 Å². The first-order valence-electron chi connectivity index (χ1n) is 6.05. The van der Waals surface area contributed by atoms with Gasteiger partial charge in [0.15, 0.2) is 0 Å². The van der Waals surface area contributed by atoms with Crippen molar-refractivity contribution in [1.29, 1.82) is 0 Å². The maximum Gasteiger partial charge on any atom is 0.122 e. The zero-order chi connectivity index (χ0) is 14.0. The summed E-state index contributed by atoms with van der Waals surface area (Å²) in [6.07, 6.45) is 1.78. The normalized spacial score (nSPS) is 10.3. The van der Waals surface area contributed by atoms with Crippen molar-refractivity contribution in [2.45, 2.75) is 13.8 Å². The van der Waals surface area contributed by atoms with E-state index in [1.807, 2.05) is 19.2 Å². The standard InChI is InChI=1S/C15H17N3S/c1-10-6-11(2)8-13(7-10)18(3)12-4-5-14(15(16)19)17-9-12/h4-9H,1-3H3,(H2,16,19). The summed E-state index contributed by atoms with van der Waals surface area (Å²) >= 11 is 4.90. The van der Waals surface area contributed by atoms with Crippen LogP contribution in [0.4, 0.5) is 11.4 Å². The van der Waals surface area contributed by atoms with E-state index in [4.69, 9.17) is 18.0 Å². The van der Waals surface area contributed by atoms with Crippen LogP contribution in [0, 0.1) is 13.8 Å². The van der Waals surface area contributed by atoms with Gasteiger partial charge in [-0.05, 0) is 49.2 Å². The summed E-state index contributed by atoms with van der Waals surface area (Å²) in [4.78, 5) is 6.68. The van der Waals surface area contributed by atoms with Crippen molar-refractivity contribution in [3.05, 3.63) is 53.3 Å². The molecule has 0 bridgehead atoms. The van der Waals surface area contributed by atoms with Gasteiger partial charge in [-0.3, -0.25) is 4.98 Å². The molecule has 0 aliphatic carbocycles. The molecule has 0 atom stereocenters. The van der Waals surface area contributed by atoms with Gasteiger partial charge in [-0.15, -0.1) is 0 Å². The number of hydrogen-bond donors (Lipinski definition) is 1. The summed E-state index contributed by atoms with van der Waals surface area (Å²) < 4.78 is 0. The second-order valence-corrected chi connectivity index (χ2v) is 5.11. The highest BCUT2D eigenvalue weighted by Gasteiger charge is 2.06. The first-order chi connectivity index (χ1) is 8.97. The highest BCUT2D eigenvalue weighted by molar-refractivity contribution is 7.80. The molecule has 0 aliphatic heterocycles. The lowest BCUT2D eigenvalue weighted by atomic mass is 10.1. The van der Waals surface area contributed by atoms with Crippen LogP contribution < -0.4 is 10.6 Å². The van der Waals surface area contributed by atoms with Crippen molar-refractivity contribution in [2.75, 3.05) is 11.9 Å². The average molecular weight is 271 g/mol. The topological polar surface area (TPSA) is 42.1 Å². The Bertz CT molecular complexity index is 585. The van der Waals surface area contributed by atoms with E-state index in [-0.39, 0.29) is 0 Å². The third-order valence-electron chi connectivity index (χ3n) is 2.98. The predicted octanol–water partition coefficient (Wildman–Crippen LogP) is 3.10. The van der Waals surface area contributed by atoms with Crippen molar-refractivity contribution in [3.63, 3.8) is 0 Å². The number of pyridine rings is 1. The number of benzene rings is 1. The Kier molecular flexibility index (Phi) is 3.81. The molecule has 1 heterocycles. The number of aryl methyl sites for hydroxylation is 2. The number of rotatable bonds is 3. The van der Waals surface area contributed by atoms with E-state index in [1.165, 1.54) is 11.1 Å². The molecule has 0 unspecified atom stereocenters. The van der Waals surface area contributed by atoms with Gasteiger partial charge in [-0.2, -0.15) is 0 Å². The van der Waals surface area contributed by atoms with E-state index < -0.39 is 0 Å². The fourth-order valence-electron chi connectivity index (χ4n) is 2.02. The highest BCUT2D eigenvalue weighted by Crippen LogP contribution is 2.25. The number of anilines is 2. The molecule has 2 rings (SSSR count). The van der Waals surface area contributed by atoms with Crippen LogP contribution in [0.2, 0.25) is 0 Å². The summed E-state index contributed by atoms with van der Waals surface area (Å²) in [5.41, 5.74) is 10.8. The number of aromatic nitrogens is 1. The molecule has 3 nitrogen and oxygen atoms in total. The maximum atomic E-state index is 5.55. The molecule has 0 spiro atoms. The van der Waals surface area contributed by atoms with Crippen molar-refractivity contribution < 1.29 is 0 Å². The van der Waals surface area contributed by atoms with Gasteiger partial charge in [-0.25, -0.2) is 0 Å². The molecule has 2 N–H and O–H groups in total. The molecular weight excluding hydrogens is 254 g/mol. The van der Waals surface area contributed by atoms with Crippen molar-refractivity contribution in [2.24, 2.45) is 5.73 Å². The Hall–Kier alpha value is -1.94. The minimum absolute atomic E-state index is 0.320. The zero-order valence-corrected chi connectivity index (χ0v) is 12.2. The van der Waals surface area contributed by atoms with Gasteiger partial charge < -0.3 is 10.6 Å². The lowest BCUT2D eigenvalue weighted by Gasteiger charge is -2.20. The molecule has 2 aromatic rings. The molecule has 98 valence electrons. The SMILES string of the molecule is Cc1cc(C)cc(N(C)c2ccc(C(N)=S)nc2)c1. The smallest absolute Gasteiger partial charge is 0.122 e. The zero-order valence-electron chi connectivity index (χ0n) is 11.3. The van der Waals surface area contributed by atoms with Crippen LogP contribution in [-0.2, 0) is 0 Å². The fourth-order valence-corrected chi connectivity index (χ4v) is 2.14. The molecule has 0 amide bonds. The molecule has 19 heavy (non-hydrogen) atoms. The molecule has 0 saturated heterocycles.